The summed E-state index contributed by atoms with van der Waals surface area (Å²) in [5.74, 6) is 1.07. The molecule has 0 aromatic heterocycles. The fourth-order valence-corrected chi connectivity index (χ4v) is 2.79. The first-order valence-electron chi connectivity index (χ1n) is 6.71. The minimum Gasteiger partial charge on any atom is -0.497 e. The number of carbonyl (C=O) groups is 1. The molecule has 1 aliphatic rings. The molecule has 0 amide bonds. The summed E-state index contributed by atoms with van der Waals surface area (Å²) >= 11 is 3.49. The lowest BCUT2D eigenvalue weighted by molar-refractivity contribution is -0.117. The summed E-state index contributed by atoms with van der Waals surface area (Å²) in [5.41, 5.74) is 2.32. The first-order chi connectivity index (χ1) is 9.19. The Hall–Kier alpha value is -1.09. The monoisotopic (exact) mass is 322 g/mol. The van der Waals surface area contributed by atoms with E-state index in [-0.39, 0.29) is 5.78 Å². The van der Waals surface area contributed by atoms with E-state index in [0.717, 1.165) is 28.6 Å². The maximum atomic E-state index is 12.1. The lowest BCUT2D eigenvalue weighted by Crippen LogP contribution is -2.06. The van der Waals surface area contributed by atoms with Crippen LogP contribution in [0.15, 0.2) is 34.3 Å². The molecule has 2 nitrogen and oxygen atoms in total. The van der Waals surface area contributed by atoms with E-state index >= 15 is 0 Å². The molecule has 19 heavy (non-hydrogen) atoms. The van der Waals surface area contributed by atoms with Crippen molar-refractivity contribution < 1.29 is 9.53 Å². The van der Waals surface area contributed by atoms with Crippen LogP contribution in [-0.4, -0.2) is 12.9 Å². The quantitative estimate of drug-likeness (QED) is 0.748. The predicted octanol–water partition coefficient (Wildman–Crippen LogP) is 4.46. The minimum atomic E-state index is 0.280. The van der Waals surface area contributed by atoms with Gasteiger partial charge in [-0.3, -0.25) is 4.79 Å². The molecule has 0 heterocycles. The van der Waals surface area contributed by atoms with Crippen molar-refractivity contribution in [2.24, 2.45) is 0 Å². The zero-order valence-electron chi connectivity index (χ0n) is 11.2. The first-order valence-corrected chi connectivity index (χ1v) is 7.50. The van der Waals surface area contributed by atoms with Crippen LogP contribution < -0.4 is 4.74 Å². The number of ether oxygens (including phenoxy) is 1. The fraction of sp³-hybridized carbons (Fsp3) is 0.438. The highest BCUT2D eigenvalue weighted by molar-refractivity contribution is 9.10. The van der Waals surface area contributed by atoms with Gasteiger partial charge >= 0.3 is 0 Å². The zero-order valence-corrected chi connectivity index (χ0v) is 12.8. The van der Waals surface area contributed by atoms with Gasteiger partial charge in [-0.25, -0.2) is 0 Å². The number of hydrogen-bond acceptors (Lipinski definition) is 2. The van der Waals surface area contributed by atoms with Crippen molar-refractivity contribution in [1.29, 1.82) is 0 Å². The normalized spacial score (nSPS) is 14.9. The third-order valence-electron chi connectivity index (χ3n) is 3.45. The number of halogens is 1. The van der Waals surface area contributed by atoms with Crippen LogP contribution in [-0.2, 0) is 11.2 Å². The molecule has 3 heteroatoms. The van der Waals surface area contributed by atoms with Gasteiger partial charge in [0.05, 0.1) is 7.11 Å². The molecule has 1 aromatic carbocycles. The van der Waals surface area contributed by atoms with Crippen molar-refractivity contribution in [3.63, 3.8) is 0 Å². The van der Waals surface area contributed by atoms with E-state index in [4.69, 9.17) is 4.74 Å². The van der Waals surface area contributed by atoms with Crippen molar-refractivity contribution >= 4 is 21.7 Å². The molecule has 0 bridgehead atoms. The Balaban J connectivity index is 2.00. The van der Waals surface area contributed by atoms with Crippen molar-refractivity contribution in [2.75, 3.05) is 7.11 Å². The number of allylic oxidation sites excluding steroid dienone is 2. The molecular formula is C16H19BrO2. The number of benzene rings is 1. The highest BCUT2D eigenvalue weighted by Gasteiger charge is 2.12. The second-order valence-corrected chi connectivity index (χ2v) is 5.81. The Morgan fingerprint density at radius 1 is 1.32 bits per heavy atom. The van der Waals surface area contributed by atoms with Crippen LogP contribution in [0.4, 0.5) is 0 Å². The second-order valence-electron chi connectivity index (χ2n) is 4.96. The largest absolute Gasteiger partial charge is 0.497 e. The number of Topliss-reactive ketones (excluding diaryl/α,β-unsaturated/α-hetero) is 1. The van der Waals surface area contributed by atoms with Gasteiger partial charge in [-0.1, -0.05) is 27.6 Å². The molecule has 2 rings (SSSR count). The summed E-state index contributed by atoms with van der Waals surface area (Å²) < 4.78 is 6.17. The zero-order chi connectivity index (χ0) is 13.7. The van der Waals surface area contributed by atoms with Gasteiger partial charge in [-0.2, -0.15) is 0 Å². The summed E-state index contributed by atoms with van der Waals surface area (Å²) in [6.07, 6.45) is 8.01. The van der Waals surface area contributed by atoms with E-state index in [9.17, 15) is 4.79 Å². The summed E-state index contributed by atoms with van der Waals surface area (Å²) in [5, 5.41) is 0. The highest BCUT2D eigenvalue weighted by Crippen LogP contribution is 2.25. The Morgan fingerprint density at radius 3 is 2.84 bits per heavy atom. The molecule has 1 aliphatic carbocycles. The van der Waals surface area contributed by atoms with Crippen LogP contribution in [0.25, 0.3) is 0 Å². The van der Waals surface area contributed by atoms with E-state index in [1.807, 2.05) is 18.2 Å². The van der Waals surface area contributed by atoms with E-state index in [1.165, 1.54) is 18.4 Å². The number of ketones is 1. The number of rotatable bonds is 5. The maximum Gasteiger partial charge on any atom is 0.141 e. The molecule has 0 N–H and O–H groups in total. The number of methoxy groups -OCH3 is 1. The van der Waals surface area contributed by atoms with Crippen LogP contribution in [0, 0.1) is 0 Å². The lowest BCUT2D eigenvalue weighted by atomic mass is 9.94. The van der Waals surface area contributed by atoms with E-state index in [0.29, 0.717) is 12.8 Å². The van der Waals surface area contributed by atoms with Gasteiger partial charge < -0.3 is 4.74 Å². The maximum absolute atomic E-state index is 12.1. The van der Waals surface area contributed by atoms with Crippen LogP contribution in [0.3, 0.4) is 0 Å². The fourth-order valence-electron chi connectivity index (χ4n) is 2.41. The molecule has 0 saturated heterocycles. The first kappa shape index (κ1) is 14.3. The van der Waals surface area contributed by atoms with Gasteiger partial charge in [0.15, 0.2) is 0 Å². The van der Waals surface area contributed by atoms with Crippen molar-refractivity contribution in [1.82, 2.24) is 0 Å². The molecule has 0 radical (unpaired) electrons. The average Bonchev–Trinajstić information content (AvgIpc) is 2.42. The van der Waals surface area contributed by atoms with Gasteiger partial charge in [0, 0.05) is 17.3 Å². The lowest BCUT2D eigenvalue weighted by Gasteiger charge is -2.12. The van der Waals surface area contributed by atoms with Gasteiger partial charge in [0.1, 0.15) is 11.5 Å². The standard InChI is InChI=1S/C16H19BrO2/c1-19-15-7-8-16(17)13(11-15)10-14(18)9-12-5-3-2-4-6-12/h5,7-8,11H,2-4,6,9-10H2,1H3. The predicted molar refractivity (Wildman–Crippen MR) is 80.6 cm³/mol. The molecule has 102 valence electrons. The Bertz CT molecular complexity index is 492. The van der Waals surface area contributed by atoms with Gasteiger partial charge in [0.2, 0.25) is 0 Å². The molecule has 0 spiro atoms. The number of hydrogen-bond donors (Lipinski definition) is 0. The van der Waals surface area contributed by atoms with E-state index in [2.05, 4.69) is 22.0 Å². The van der Waals surface area contributed by atoms with E-state index < -0.39 is 0 Å². The highest BCUT2D eigenvalue weighted by atomic mass is 79.9. The van der Waals surface area contributed by atoms with Crippen LogP contribution in [0.1, 0.15) is 37.7 Å². The molecule has 0 atom stereocenters. The van der Waals surface area contributed by atoms with Crippen molar-refractivity contribution in [3.05, 3.63) is 39.9 Å². The van der Waals surface area contributed by atoms with E-state index in [1.54, 1.807) is 7.11 Å². The summed E-state index contributed by atoms with van der Waals surface area (Å²) in [6.45, 7) is 0. The smallest absolute Gasteiger partial charge is 0.141 e. The molecule has 1 aromatic rings. The summed E-state index contributed by atoms with van der Waals surface area (Å²) in [4.78, 5) is 12.1. The molecule has 0 unspecified atom stereocenters. The minimum absolute atomic E-state index is 0.280. The van der Waals surface area contributed by atoms with Gasteiger partial charge in [-0.05, 0) is 49.4 Å². The molecule has 0 fully saturated rings. The Kier molecular flexibility index (Phi) is 5.20. The van der Waals surface area contributed by atoms with Crippen LogP contribution >= 0.6 is 15.9 Å². The summed E-state index contributed by atoms with van der Waals surface area (Å²) in [7, 11) is 1.64. The van der Waals surface area contributed by atoms with Crippen LogP contribution in [0.2, 0.25) is 0 Å². The molecule has 0 saturated carbocycles. The third kappa shape index (κ3) is 4.20. The van der Waals surface area contributed by atoms with Gasteiger partial charge in [0.25, 0.3) is 0 Å². The topological polar surface area (TPSA) is 26.3 Å². The Morgan fingerprint density at radius 2 is 2.16 bits per heavy atom. The van der Waals surface area contributed by atoms with Crippen LogP contribution in [0.5, 0.6) is 5.75 Å². The average molecular weight is 323 g/mol. The van der Waals surface area contributed by atoms with Gasteiger partial charge in [-0.15, -0.1) is 0 Å². The SMILES string of the molecule is COc1ccc(Br)c(CC(=O)CC2=CCCCC2)c1. The molecular weight excluding hydrogens is 304 g/mol. The number of carbonyl (C=O) groups excluding carboxylic acids is 1. The Labute approximate surface area is 123 Å². The van der Waals surface area contributed by atoms with Crippen molar-refractivity contribution in [2.45, 2.75) is 38.5 Å². The second kappa shape index (κ2) is 6.90. The third-order valence-corrected chi connectivity index (χ3v) is 4.22. The molecule has 0 aliphatic heterocycles. The van der Waals surface area contributed by atoms with Crippen molar-refractivity contribution in [3.8, 4) is 5.75 Å². The summed E-state index contributed by atoms with van der Waals surface area (Å²) in [6, 6.07) is 5.75.